The number of Topliss-reactive ketones (excluding diaryl/α,β-unsaturated/α-hetero) is 1. The molecule has 2 fully saturated rings. The summed E-state index contributed by atoms with van der Waals surface area (Å²) < 4.78 is 5.84. The molecular formula is C22H31N3O2. The highest BCUT2D eigenvalue weighted by Gasteiger charge is 2.35. The Morgan fingerprint density at radius 3 is 2.26 bits per heavy atom. The lowest BCUT2D eigenvalue weighted by molar-refractivity contribution is -0.128. The number of likely N-dealkylation sites (tertiary alicyclic amines) is 2. The first-order valence-electron chi connectivity index (χ1n) is 9.94. The minimum absolute atomic E-state index is 0.249. The third-order valence-electron chi connectivity index (χ3n) is 5.60. The second kappa shape index (κ2) is 8.41. The summed E-state index contributed by atoms with van der Waals surface area (Å²) in [4.78, 5) is 17.2. The standard InChI is InChI=1S/C22H31N3O2/c1-22(2,3)21(26)16-25-14-18-10-19(15-25)13-24(12-18)8-9-27-20-6-4-17(11-23)5-7-20/h4-7,18-19H,8-10,12-16H2,1-3H3. The molecule has 2 aliphatic heterocycles. The van der Waals surface area contributed by atoms with Gasteiger partial charge in [0.15, 0.2) is 5.78 Å². The van der Waals surface area contributed by atoms with Gasteiger partial charge in [-0.1, -0.05) is 20.8 Å². The van der Waals surface area contributed by atoms with Gasteiger partial charge in [-0.15, -0.1) is 0 Å². The van der Waals surface area contributed by atoms with Crippen LogP contribution in [0.1, 0.15) is 32.8 Å². The average Bonchev–Trinajstić information content (AvgIpc) is 2.61. The van der Waals surface area contributed by atoms with Crippen LogP contribution in [0.25, 0.3) is 0 Å². The average molecular weight is 370 g/mol. The molecule has 2 aliphatic rings. The van der Waals surface area contributed by atoms with Crippen LogP contribution in [0, 0.1) is 28.6 Å². The van der Waals surface area contributed by atoms with Crippen molar-refractivity contribution in [2.45, 2.75) is 27.2 Å². The van der Waals surface area contributed by atoms with Crippen LogP contribution in [0.5, 0.6) is 5.75 Å². The molecule has 5 heteroatoms. The quantitative estimate of drug-likeness (QED) is 0.772. The zero-order chi connectivity index (χ0) is 19.4. The molecule has 2 atom stereocenters. The van der Waals surface area contributed by atoms with E-state index >= 15 is 0 Å². The zero-order valence-electron chi connectivity index (χ0n) is 16.8. The number of ether oxygens (including phenoxy) is 1. The first kappa shape index (κ1) is 19.9. The lowest BCUT2D eigenvalue weighted by Gasteiger charge is -2.46. The second-order valence-electron chi connectivity index (χ2n) is 9.08. The fraction of sp³-hybridized carbons (Fsp3) is 0.636. The van der Waals surface area contributed by atoms with Crippen LogP contribution >= 0.6 is 0 Å². The molecule has 2 saturated heterocycles. The summed E-state index contributed by atoms with van der Waals surface area (Å²) in [5.41, 5.74) is 0.405. The van der Waals surface area contributed by atoms with E-state index in [1.807, 2.05) is 32.9 Å². The number of hydrogen-bond acceptors (Lipinski definition) is 5. The van der Waals surface area contributed by atoms with Gasteiger partial charge in [0, 0.05) is 38.1 Å². The van der Waals surface area contributed by atoms with Crippen LogP contribution in [0.3, 0.4) is 0 Å². The molecule has 3 rings (SSSR count). The van der Waals surface area contributed by atoms with Crippen molar-refractivity contribution >= 4 is 5.78 Å². The van der Waals surface area contributed by atoms with Gasteiger partial charge in [0.05, 0.1) is 18.2 Å². The maximum absolute atomic E-state index is 12.3. The molecule has 0 amide bonds. The summed E-state index contributed by atoms with van der Waals surface area (Å²) in [6.45, 7) is 12.5. The summed E-state index contributed by atoms with van der Waals surface area (Å²) in [6, 6.07) is 9.40. The molecule has 2 unspecified atom stereocenters. The SMILES string of the molecule is CC(C)(C)C(=O)CN1CC2CC(CN(CCOc3ccc(C#N)cc3)C2)C1. The normalized spacial score (nSPS) is 23.6. The molecule has 27 heavy (non-hydrogen) atoms. The fourth-order valence-electron chi connectivity index (χ4n) is 4.16. The summed E-state index contributed by atoms with van der Waals surface area (Å²) in [5, 5.41) is 8.84. The molecule has 5 nitrogen and oxygen atoms in total. The smallest absolute Gasteiger partial charge is 0.152 e. The molecule has 0 radical (unpaired) electrons. The van der Waals surface area contributed by atoms with Gasteiger partial charge in [-0.2, -0.15) is 5.26 Å². The largest absolute Gasteiger partial charge is 0.492 e. The monoisotopic (exact) mass is 369 g/mol. The van der Waals surface area contributed by atoms with Crippen LogP contribution in [-0.2, 0) is 4.79 Å². The highest BCUT2D eigenvalue weighted by molar-refractivity contribution is 5.85. The van der Waals surface area contributed by atoms with Crippen LogP contribution in [0.4, 0.5) is 0 Å². The number of fused-ring (bicyclic) bond motifs is 2. The van der Waals surface area contributed by atoms with Gasteiger partial charge in [-0.25, -0.2) is 0 Å². The summed E-state index contributed by atoms with van der Waals surface area (Å²) >= 11 is 0. The van der Waals surface area contributed by atoms with Crippen molar-refractivity contribution in [3.05, 3.63) is 29.8 Å². The Hall–Kier alpha value is -1.90. The molecule has 0 aliphatic carbocycles. The number of piperidine rings is 2. The van der Waals surface area contributed by atoms with Gasteiger partial charge in [0.25, 0.3) is 0 Å². The number of nitriles is 1. The van der Waals surface area contributed by atoms with Gasteiger partial charge in [0.2, 0.25) is 0 Å². The number of hydrogen-bond donors (Lipinski definition) is 0. The van der Waals surface area contributed by atoms with Crippen molar-refractivity contribution in [3.63, 3.8) is 0 Å². The van der Waals surface area contributed by atoms with Gasteiger partial charge in [0.1, 0.15) is 12.4 Å². The fourth-order valence-corrected chi connectivity index (χ4v) is 4.16. The predicted molar refractivity (Wildman–Crippen MR) is 106 cm³/mol. The van der Waals surface area contributed by atoms with E-state index in [0.29, 0.717) is 36.3 Å². The molecule has 2 heterocycles. The maximum atomic E-state index is 12.3. The van der Waals surface area contributed by atoms with Gasteiger partial charge >= 0.3 is 0 Å². The number of nitrogens with zero attached hydrogens (tertiary/aromatic N) is 3. The summed E-state index contributed by atoms with van der Waals surface area (Å²) in [5.74, 6) is 2.47. The molecule has 1 aromatic carbocycles. The van der Waals surface area contributed by atoms with Crippen molar-refractivity contribution in [1.29, 1.82) is 5.26 Å². The van der Waals surface area contributed by atoms with Gasteiger partial charge < -0.3 is 4.74 Å². The van der Waals surface area contributed by atoms with Crippen molar-refractivity contribution in [3.8, 4) is 11.8 Å². The summed E-state index contributed by atoms with van der Waals surface area (Å²) in [7, 11) is 0. The highest BCUT2D eigenvalue weighted by Crippen LogP contribution is 2.29. The Kier molecular flexibility index (Phi) is 6.18. The zero-order valence-corrected chi connectivity index (χ0v) is 16.8. The first-order chi connectivity index (χ1) is 12.8. The minimum Gasteiger partial charge on any atom is -0.492 e. The van der Waals surface area contributed by atoms with Gasteiger partial charge in [-0.3, -0.25) is 14.6 Å². The number of ketones is 1. The molecule has 146 valence electrons. The lowest BCUT2D eigenvalue weighted by atomic mass is 9.83. The topological polar surface area (TPSA) is 56.6 Å². The third kappa shape index (κ3) is 5.54. The van der Waals surface area contributed by atoms with E-state index in [2.05, 4.69) is 15.9 Å². The van der Waals surface area contributed by atoms with E-state index < -0.39 is 0 Å². The lowest BCUT2D eigenvalue weighted by Crippen LogP contribution is -2.54. The van der Waals surface area contributed by atoms with Gasteiger partial charge in [-0.05, 0) is 42.5 Å². The predicted octanol–water partition coefficient (Wildman–Crippen LogP) is 2.81. The van der Waals surface area contributed by atoms with E-state index in [1.165, 1.54) is 6.42 Å². The highest BCUT2D eigenvalue weighted by atomic mass is 16.5. The number of carbonyl (C=O) groups excluding carboxylic acids is 1. The second-order valence-corrected chi connectivity index (χ2v) is 9.08. The number of benzene rings is 1. The molecule has 1 aromatic rings. The van der Waals surface area contributed by atoms with Crippen molar-refractivity contribution in [2.24, 2.45) is 17.3 Å². The van der Waals surface area contributed by atoms with E-state index in [-0.39, 0.29) is 5.41 Å². The molecule has 0 N–H and O–H groups in total. The number of carbonyl (C=O) groups is 1. The minimum atomic E-state index is -0.249. The molecule has 0 aromatic heterocycles. The van der Waals surface area contributed by atoms with Crippen LogP contribution in [0.15, 0.2) is 24.3 Å². The molecular weight excluding hydrogens is 338 g/mol. The number of rotatable bonds is 6. The summed E-state index contributed by atoms with van der Waals surface area (Å²) in [6.07, 6.45) is 1.28. The van der Waals surface area contributed by atoms with Crippen LogP contribution < -0.4 is 4.74 Å². The Balaban J connectivity index is 1.43. The van der Waals surface area contributed by atoms with Crippen LogP contribution in [-0.4, -0.2) is 61.5 Å². The molecule has 0 saturated carbocycles. The van der Waals surface area contributed by atoms with E-state index in [1.54, 1.807) is 12.1 Å². The Morgan fingerprint density at radius 1 is 1.11 bits per heavy atom. The van der Waals surface area contributed by atoms with Crippen molar-refractivity contribution in [1.82, 2.24) is 9.80 Å². The van der Waals surface area contributed by atoms with Crippen LogP contribution in [0.2, 0.25) is 0 Å². The Morgan fingerprint density at radius 2 is 1.70 bits per heavy atom. The van der Waals surface area contributed by atoms with E-state index in [4.69, 9.17) is 10.00 Å². The first-order valence-corrected chi connectivity index (χ1v) is 9.94. The molecule has 0 spiro atoms. The Labute approximate surface area is 162 Å². The third-order valence-corrected chi connectivity index (χ3v) is 5.60. The van der Waals surface area contributed by atoms with Crippen molar-refractivity contribution < 1.29 is 9.53 Å². The Bertz CT molecular complexity index is 673. The maximum Gasteiger partial charge on any atom is 0.152 e. The van der Waals surface area contributed by atoms with Crippen molar-refractivity contribution in [2.75, 3.05) is 45.9 Å². The van der Waals surface area contributed by atoms with E-state index in [9.17, 15) is 4.79 Å². The molecule has 2 bridgehead atoms. The van der Waals surface area contributed by atoms with E-state index in [0.717, 1.165) is 38.5 Å².